The van der Waals surface area contributed by atoms with Crippen LogP contribution in [0.1, 0.15) is 167 Å². The molecule has 12 rings (SSSR count). The van der Waals surface area contributed by atoms with Crippen molar-refractivity contribution in [2.75, 3.05) is 91.9 Å². The topological polar surface area (TPSA) is 519 Å². The fourth-order valence-corrected chi connectivity index (χ4v) is 12.6. The number of carboxylic acid groups (broad SMARTS) is 2. The number of aromatic hydroxyl groups is 2. The second-order valence-electron chi connectivity index (χ2n) is 33.6. The smallest absolute Gasteiger partial charge is 1.00 e. The van der Waals surface area contributed by atoms with E-state index in [1.165, 1.54) is 153 Å². The number of esters is 6. The van der Waals surface area contributed by atoms with Crippen LogP contribution in [-0.4, -0.2) is 210 Å². The molecule has 0 unspecified atom stereocenters. The van der Waals surface area contributed by atoms with Crippen LogP contribution in [0.25, 0.3) is 32.7 Å². The summed E-state index contributed by atoms with van der Waals surface area (Å²) in [5, 5.41) is 51.0. The number of fused-ring (bicyclic) bond motifs is 3. The van der Waals surface area contributed by atoms with Crippen LogP contribution in [0.3, 0.4) is 0 Å². The first-order valence-corrected chi connectivity index (χ1v) is 44.4. The van der Waals surface area contributed by atoms with Gasteiger partial charge in [-0.2, -0.15) is 0 Å². The van der Waals surface area contributed by atoms with Crippen LogP contribution in [0.15, 0.2) is 187 Å². The van der Waals surface area contributed by atoms with E-state index in [9.17, 15) is 53.4 Å². The summed E-state index contributed by atoms with van der Waals surface area (Å²) < 4.78 is 106. The van der Waals surface area contributed by atoms with Gasteiger partial charge in [-0.1, -0.05) is 54.6 Å². The Kier molecular flexibility index (Phi) is 53.8. The van der Waals surface area contributed by atoms with Crippen molar-refractivity contribution in [3.8, 4) is 115 Å². The number of aromatic carboxylic acids is 2. The van der Waals surface area contributed by atoms with Gasteiger partial charge in [0.25, 0.3) is 12.4 Å². The number of phenolic OH excluding ortho intramolecular Hbond substituents is 2. The third kappa shape index (κ3) is 40.9. The Morgan fingerprint density at radius 3 is 0.858 bits per heavy atom. The third-order valence-corrected chi connectivity index (χ3v) is 18.9. The number of hydrogen-bond acceptors (Lipinski definition) is 37. The molecule has 0 aliphatic carbocycles. The molecule has 1 amide bonds. The van der Waals surface area contributed by atoms with E-state index in [0.29, 0.717) is 68.2 Å². The second-order valence-corrected chi connectivity index (χ2v) is 34.4. The average molecular weight is 2170 g/mol. The summed E-state index contributed by atoms with van der Waals surface area (Å²) in [7, 11) is 16.9. The van der Waals surface area contributed by atoms with Crippen LogP contribution < -0.4 is 189 Å². The van der Waals surface area contributed by atoms with Gasteiger partial charge in [0.1, 0.15) is 33.4 Å². The zero-order valence-electron chi connectivity index (χ0n) is 88.4. The summed E-state index contributed by atoms with van der Waals surface area (Å²) in [5.41, 5.74) is 1.13. The summed E-state index contributed by atoms with van der Waals surface area (Å²) in [6, 6.07) is 45.8. The van der Waals surface area contributed by atoms with Gasteiger partial charge in [0.2, 0.25) is 34.5 Å². The quantitative estimate of drug-likeness (QED) is 0.00578. The number of hydrogen-bond donors (Lipinski definition) is 5. The van der Waals surface area contributed by atoms with Crippen LogP contribution in [0.5, 0.6) is 115 Å². The number of benzene rings is 9. The van der Waals surface area contributed by atoms with Crippen molar-refractivity contribution in [1.82, 2.24) is 20.3 Å². The first-order valence-electron chi connectivity index (χ1n) is 43.6. The normalized spacial score (nSPS) is 10.4. The summed E-state index contributed by atoms with van der Waals surface area (Å²) >= 11 is 3.43. The average Bonchev–Trinajstić information content (AvgIpc) is 0.801. The molecule has 12 aromatic rings. The van der Waals surface area contributed by atoms with Gasteiger partial charge in [0.05, 0.1) is 125 Å². The molecule has 3 aromatic heterocycles. The zero-order chi connectivity index (χ0) is 109. The fraction of sp³-hybridized carbons (Fsp3) is 0.305. The van der Waals surface area contributed by atoms with Gasteiger partial charge < -0.3 is 132 Å². The predicted molar refractivity (Wildman–Crippen MR) is 537 cm³/mol. The van der Waals surface area contributed by atoms with Crippen LogP contribution in [0.2, 0.25) is 0 Å². The van der Waals surface area contributed by atoms with Crippen molar-refractivity contribution in [1.29, 1.82) is 0 Å². The largest absolute Gasteiger partial charge is 1.00 e. The summed E-state index contributed by atoms with van der Waals surface area (Å²) in [4.78, 5) is 129. The number of para-hydroxylation sites is 3. The maximum Gasteiger partial charge on any atom is 1.00 e. The first kappa shape index (κ1) is 129. The van der Waals surface area contributed by atoms with Gasteiger partial charge >= 0.3 is 151 Å². The number of carboxylic acids is 2. The number of methoxy groups -OCH3 is 12. The number of nitrogens with one attached hydrogen (secondary N) is 1. The van der Waals surface area contributed by atoms with Gasteiger partial charge in [0, 0.05) is 65.2 Å². The third-order valence-electron chi connectivity index (χ3n) is 18.2. The molecule has 784 valence electrons. The van der Waals surface area contributed by atoms with E-state index in [4.69, 9.17) is 115 Å². The van der Waals surface area contributed by atoms with Gasteiger partial charge in [-0.15, -0.1) is 0 Å². The van der Waals surface area contributed by atoms with Gasteiger partial charge in [-0.25, -0.2) is 24.0 Å². The van der Waals surface area contributed by atoms with Crippen molar-refractivity contribution < 1.29 is 277 Å². The molecule has 0 aliphatic rings. The van der Waals surface area contributed by atoms with E-state index in [1.807, 2.05) is 106 Å². The van der Waals surface area contributed by atoms with Crippen molar-refractivity contribution in [2.24, 2.45) is 0 Å². The van der Waals surface area contributed by atoms with Crippen LogP contribution in [-0.2, 0) is 43.0 Å². The minimum absolute atomic E-state index is 0. The van der Waals surface area contributed by atoms with Gasteiger partial charge in [-0.3, -0.25) is 38.9 Å². The molecule has 0 atom stereocenters. The zero-order valence-corrected chi connectivity index (χ0v) is 95.2. The summed E-state index contributed by atoms with van der Waals surface area (Å²) in [5.74, 6) is -1.48. The van der Waals surface area contributed by atoms with Gasteiger partial charge in [-0.05, 0) is 208 Å². The standard InChI is InChI=1S/C25H28N2O6.C22H23NO5.C15H20O6.C13H18O5.C11H12O6.C9H6BrN.C9H10O5.CH2O3.2K.H/c1-25(2,3)33-21(28)11-13-27-24(29)17-14-19(30-4)23(20(15-17)31-5)32-18-10-6-8-16-9-7-12-26-22(16)18;1-22(2,3)28-21(24)15-12-17(25-4)20(18(13-15)26-5)27-16-10-6-8-14-9-7-11-23-19(14)16;1-9(16)20-13-11(18-5)7-10(8-12(13)19-6)14(17)21-15(2,3)4;1-13(2,3)18-12(15)8-6-9(16-4)11(14)10(7-8)17-5;1-6(12)17-10-8(15-2)4-7(11(13)14)5-9(10)16-3;10-8-5-1-3-7-4-2-6-11-9(7)8;1-13-6-3-5(9(11)12)4-7(14-2)8(6)10;2-1-4-3;;;/h6-10,12,14-15H,11,13H2,1-5H3,(H,27,29);6-13H,1-5H3;7-8H,1-6H3;6-7,14H,1-5H3;4-5H,1-3H3,(H,13,14);1-6H;3-4,10H,1-2H3,(H,11,12);1,3H;;;/q;;;;;;;;2*+1;-1/p-1. The summed E-state index contributed by atoms with van der Waals surface area (Å²) in [6.45, 7) is 23.9. The van der Waals surface area contributed by atoms with E-state index in [1.54, 1.807) is 111 Å². The number of nitrogens with zero attached hydrogens (tertiary/aromatic N) is 3. The Balaban J connectivity index is 0.000000596. The minimum atomic E-state index is -1.13. The Bertz CT molecular complexity index is 6380. The number of carbonyl (C=O) groups excluding carboxylic acids is 8. The van der Waals surface area contributed by atoms with Crippen molar-refractivity contribution in [2.45, 2.75) is 126 Å². The SMILES string of the molecule is Brc1cccc2cccnc12.COc1cc(C(=O)NCCC(=O)OC(C)(C)C)cc(OC)c1Oc1cccc2cccnc12.COc1cc(C(=O)O)cc(OC)c1O.COc1cc(C(=O)O)cc(OC)c1OC(C)=O.COc1cc(C(=O)OC(C)(C)C)cc(OC)c1O.COc1cc(C(=O)OC(C)(C)C)cc(OC)c1OC(C)=O.COc1cc(C(=O)OC(C)(C)C)cc(OC)c1Oc1cccc2cccnc12.O=CO[O-].[H-].[K+].[K+]. The molecule has 0 saturated carbocycles. The Hall–Kier alpha value is -13.6. The van der Waals surface area contributed by atoms with E-state index in [2.05, 4.69) is 41.1 Å². The van der Waals surface area contributed by atoms with Crippen LogP contribution >= 0.6 is 15.9 Å². The number of phenols is 2. The molecule has 0 radical (unpaired) electrons. The number of amides is 1. The molecular weight excluding hydrogens is 2050 g/mol. The molecule has 0 spiro atoms. The van der Waals surface area contributed by atoms with Crippen LogP contribution in [0.4, 0.5) is 0 Å². The molecule has 0 aliphatic heterocycles. The predicted octanol–water partition coefficient (Wildman–Crippen LogP) is 12.4. The number of aromatic nitrogens is 3. The minimum Gasteiger partial charge on any atom is -1.00 e. The van der Waals surface area contributed by atoms with E-state index < -0.39 is 64.2 Å². The number of ether oxygens (including phenoxy) is 20. The molecule has 9 aromatic carbocycles. The van der Waals surface area contributed by atoms with E-state index >= 15 is 0 Å². The number of halogens is 1. The fourth-order valence-electron chi connectivity index (χ4n) is 12.1. The monoisotopic (exact) mass is 2170 g/mol. The maximum atomic E-state index is 12.7. The van der Waals surface area contributed by atoms with E-state index in [-0.39, 0.29) is 227 Å². The van der Waals surface area contributed by atoms with Crippen molar-refractivity contribution in [3.05, 3.63) is 220 Å². The van der Waals surface area contributed by atoms with Gasteiger partial charge in [0.15, 0.2) is 80.5 Å². The first-order chi connectivity index (χ1) is 68.9. The van der Waals surface area contributed by atoms with E-state index in [0.717, 1.165) is 20.8 Å². The van der Waals surface area contributed by atoms with Crippen LogP contribution in [0, 0.1) is 0 Å². The Labute approximate surface area is 950 Å². The molecule has 148 heavy (non-hydrogen) atoms. The Morgan fingerprint density at radius 2 is 0.595 bits per heavy atom. The molecule has 0 fully saturated rings. The molecule has 0 saturated heterocycles. The molecular formula is C105H119BrK2N4O36. The molecule has 3 heterocycles. The number of rotatable bonds is 28. The van der Waals surface area contributed by atoms with Crippen molar-refractivity contribution >= 4 is 109 Å². The number of carbonyl (C=O) groups is 10. The molecule has 40 nitrogen and oxygen atoms in total. The summed E-state index contributed by atoms with van der Waals surface area (Å²) in [6.07, 6.45) is 5.25. The molecule has 43 heteroatoms. The number of pyridine rings is 3. The maximum absolute atomic E-state index is 12.7. The Morgan fingerprint density at radius 1 is 0.351 bits per heavy atom. The van der Waals surface area contributed by atoms with Crippen molar-refractivity contribution in [3.63, 3.8) is 0 Å². The molecule has 0 bridgehead atoms. The second kappa shape index (κ2) is 61.9. The molecule has 5 N–H and O–H groups in total.